The summed E-state index contributed by atoms with van der Waals surface area (Å²) < 4.78 is 0. The molecule has 0 fully saturated rings. The van der Waals surface area contributed by atoms with Crippen molar-refractivity contribution in [3.8, 4) is 0 Å². The lowest BCUT2D eigenvalue weighted by Gasteiger charge is -2.06. The number of carboxylic acids is 1. The summed E-state index contributed by atoms with van der Waals surface area (Å²) in [6.07, 6.45) is 0.467. The van der Waals surface area contributed by atoms with Crippen LogP contribution in [0.4, 0.5) is 5.13 Å². The average Bonchev–Trinajstić information content (AvgIpc) is 2.54. The second-order valence-corrected chi connectivity index (χ2v) is 3.14. The number of aromatic nitrogens is 1. The van der Waals surface area contributed by atoms with E-state index in [1.807, 2.05) is 0 Å². The van der Waals surface area contributed by atoms with Crippen molar-refractivity contribution < 1.29 is 14.7 Å². The lowest BCUT2D eigenvalue weighted by molar-refractivity contribution is -0.139. The zero-order chi connectivity index (χ0) is 10.6. The number of carbonyl (C=O) groups excluding carboxylic acids is 1. The van der Waals surface area contributed by atoms with Crippen LogP contribution in [0, 0.1) is 0 Å². The molecular weight excluding hydrogens is 205 g/mol. The maximum atomic E-state index is 10.6. The number of thiazole rings is 1. The van der Waals surface area contributed by atoms with Crippen LogP contribution in [0.25, 0.3) is 0 Å². The van der Waals surface area contributed by atoms with Crippen LogP contribution in [0.5, 0.6) is 0 Å². The van der Waals surface area contributed by atoms with E-state index < -0.39 is 12.0 Å². The van der Waals surface area contributed by atoms with Crippen LogP contribution in [-0.4, -0.2) is 30.5 Å². The summed E-state index contributed by atoms with van der Waals surface area (Å²) in [5.41, 5.74) is 0.259. The average molecular weight is 211 g/mol. The fraction of sp³-hybridized carbons (Fsp3) is 0.167. The van der Waals surface area contributed by atoms with Gasteiger partial charge in [0.05, 0.1) is 5.69 Å². The van der Waals surface area contributed by atoms with Gasteiger partial charge >= 0.3 is 5.97 Å². The molecule has 1 rings (SSSR count). The van der Waals surface area contributed by atoms with E-state index in [-0.39, 0.29) is 5.69 Å². The topological polar surface area (TPSA) is 91.3 Å². The zero-order valence-electron chi connectivity index (χ0n) is 6.93. The Morgan fingerprint density at radius 3 is 3.00 bits per heavy atom. The van der Waals surface area contributed by atoms with Crippen LogP contribution in [0.3, 0.4) is 0 Å². The monoisotopic (exact) mass is 211 g/mol. The van der Waals surface area contributed by atoms with Gasteiger partial charge in [-0.15, -0.1) is 11.3 Å². The molecule has 0 bridgehead atoms. The van der Waals surface area contributed by atoms with Crippen molar-refractivity contribution in [2.45, 2.75) is 6.04 Å². The van der Waals surface area contributed by atoms with Gasteiger partial charge in [-0.3, -0.25) is 9.59 Å². The minimum Gasteiger partial charge on any atom is -0.480 e. The van der Waals surface area contributed by atoms with Gasteiger partial charge in [-0.05, 0) is 0 Å². The second kappa shape index (κ2) is 4.73. The Kier molecular flexibility index (Phi) is 3.60. The third kappa shape index (κ3) is 2.30. The number of anilines is 1. The Hall–Kier alpha value is -1.41. The zero-order valence-corrected chi connectivity index (χ0v) is 7.75. The van der Waals surface area contributed by atoms with Gasteiger partial charge in [0, 0.05) is 5.38 Å². The molecule has 1 aromatic heterocycles. The molecule has 8 heteroatoms. The van der Waals surface area contributed by atoms with E-state index in [0.717, 1.165) is 11.3 Å². The van der Waals surface area contributed by atoms with Crippen molar-refractivity contribution >= 4 is 36.8 Å². The summed E-state index contributed by atoms with van der Waals surface area (Å²) in [5.74, 6) is -1.13. The van der Waals surface area contributed by atoms with Crippen LogP contribution in [0.1, 0.15) is 11.7 Å². The van der Waals surface area contributed by atoms with Crippen molar-refractivity contribution in [1.82, 2.24) is 10.2 Å². The third-order valence-electron chi connectivity index (χ3n) is 1.41. The molecule has 1 unspecified atom stereocenters. The highest BCUT2D eigenvalue weighted by atomic mass is 32.1. The van der Waals surface area contributed by atoms with Gasteiger partial charge < -0.3 is 15.7 Å². The predicted molar refractivity (Wildman–Crippen MR) is 51.1 cm³/mol. The molecular formula is C6H6BN3O3S. The van der Waals surface area contributed by atoms with Crippen LogP contribution in [0.2, 0.25) is 0 Å². The summed E-state index contributed by atoms with van der Waals surface area (Å²) >= 11 is 1.12. The summed E-state index contributed by atoms with van der Waals surface area (Å²) in [7, 11) is 5.03. The van der Waals surface area contributed by atoms with Crippen molar-refractivity contribution in [3.63, 3.8) is 0 Å². The minimum atomic E-state index is -1.13. The smallest absolute Gasteiger partial charge is 0.325 e. The molecule has 0 saturated carbocycles. The molecule has 0 spiro atoms. The highest BCUT2D eigenvalue weighted by molar-refractivity contribution is 7.13. The molecule has 1 heterocycles. The molecule has 2 radical (unpaired) electrons. The van der Waals surface area contributed by atoms with Gasteiger partial charge in [-0.2, -0.15) is 0 Å². The third-order valence-corrected chi connectivity index (χ3v) is 2.21. The first-order valence-corrected chi connectivity index (χ1v) is 4.41. The maximum Gasteiger partial charge on any atom is 0.325 e. The van der Waals surface area contributed by atoms with Gasteiger partial charge in [0.1, 0.15) is 6.04 Å². The van der Waals surface area contributed by atoms with E-state index in [4.69, 9.17) is 13.1 Å². The van der Waals surface area contributed by atoms with Crippen LogP contribution < -0.4 is 10.5 Å². The van der Waals surface area contributed by atoms with Crippen LogP contribution >= 0.6 is 11.3 Å². The molecule has 6 nitrogen and oxygen atoms in total. The number of rotatable bonds is 5. The first-order valence-electron chi connectivity index (χ1n) is 3.53. The van der Waals surface area contributed by atoms with Gasteiger partial charge in [0.15, 0.2) is 13.1 Å². The molecule has 0 aliphatic heterocycles. The van der Waals surface area contributed by atoms with E-state index in [0.29, 0.717) is 11.5 Å². The Morgan fingerprint density at radius 1 is 1.79 bits per heavy atom. The number of nitrogens with zero attached hydrogens (tertiary/aromatic N) is 1. The number of aliphatic carboxylic acids is 1. The Bertz CT molecular complexity index is 343. The number of carboxylic acid groups (broad SMARTS) is 1. The largest absolute Gasteiger partial charge is 0.480 e. The summed E-state index contributed by atoms with van der Waals surface area (Å²) in [5, 5.41) is 14.9. The van der Waals surface area contributed by atoms with Gasteiger partial charge in [0.25, 0.3) is 0 Å². The number of nitrogens with one attached hydrogen (secondary N) is 2. The Labute approximate surface area is 84.8 Å². The molecule has 1 atom stereocenters. The number of hydrogen-bond acceptors (Lipinski definition) is 5. The van der Waals surface area contributed by atoms with Crippen LogP contribution in [-0.2, 0) is 9.59 Å². The molecule has 72 valence electrons. The van der Waals surface area contributed by atoms with Gasteiger partial charge in [-0.25, -0.2) is 4.98 Å². The molecule has 0 saturated heterocycles. The fourth-order valence-electron chi connectivity index (χ4n) is 0.819. The van der Waals surface area contributed by atoms with Crippen molar-refractivity contribution in [3.05, 3.63) is 11.1 Å². The maximum absolute atomic E-state index is 10.6. The van der Waals surface area contributed by atoms with Gasteiger partial charge in [0.2, 0.25) is 6.41 Å². The minimum absolute atomic E-state index is 0.259. The lowest BCUT2D eigenvalue weighted by atomic mass is 10.2. The molecule has 1 amide bonds. The van der Waals surface area contributed by atoms with E-state index in [2.05, 4.69) is 15.5 Å². The molecule has 14 heavy (non-hydrogen) atoms. The summed E-state index contributed by atoms with van der Waals surface area (Å²) in [6, 6.07) is -1.06. The van der Waals surface area contributed by atoms with E-state index in [1.54, 1.807) is 0 Å². The van der Waals surface area contributed by atoms with E-state index in [1.165, 1.54) is 5.38 Å². The second-order valence-electron chi connectivity index (χ2n) is 2.28. The quantitative estimate of drug-likeness (QED) is 0.451. The molecule has 3 N–H and O–H groups in total. The SMILES string of the molecule is [B]NC(C(=O)O)c1csc(NC=O)n1. The number of amides is 1. The summed E-state index contributed by atoms with van der Waals surface area (Å²) in [4.78, 5) is 24.5. The Balaban J connectivity index is 2.83. The first-order chi connectivity index (χ1) is 6.69. The molecule has 0 aliphatic carbocycles. The van der Waals surface area contributed by atoms with Crippen molar-refractivity contribution in [1.29, 1.82) is 0 Å². The fourth-order valence-corrected chi connectivity index (χ4v) is 1.51. The normalized spacial score (nSPS) is 12.0. The first kappa shape index (κ1) is 10.7. The molecule has 0 aromatic carbocycles. The van der Waals surface area contributed by atoms with Crippen molar-refractivity contribution in [2.75, 3.05) is 5.32 Å². The van der Waals surface area contributed by atoms with Crippen LogP contribution in [0.15, 0.2) is 5.38 Å². The van der Waals surface area contributed by atoms with Crippen molar-refractivity contribution in [2.24, 2.45) is 0 Å². The number of carbonyl (C=O) groups is 2. The van der Waals surface area contributed by atoms with Gasteiger partial charge in [-0.1, -0.05) is 0 Å². The Morgan fingerprint density at radius 2 is 2.50 bits per heavy atom. The highest BCUT2D eigenvalue weighted by Gasteiger charge is 2.19. The highest BCUT2D eigenvalue weighted by Crippen LogP contribution is 2.19. The molecule has 1 aromatic rings. The van der Waals surface area contributed by atoms with E-state index >= 15 is 0 Å². The summed E-state index contributed by atoms with van der Waals surface area (Å²) in [6.45, 7) is 0. The molecule has 0 aliphatic rings. The lowest BCUT2D eigenvalue weighted by Crippen LogP contribution is -2.26. The predicted octanol–water partition coefficient (Wildman–Crippen LogP) is -0.490. The number of hydrogen-bond donors (Lipinski definition) is 3. The van der Waals surface area contributed by atoms with E-state index in [9.17, 15) is 9.59 Å². The standard InChI is InChI=1S/C6H6BN3O3S/c7-10-4(5(12)13)3-1-14-6(9-3)8-2-11/h1-2,4,10H,(H,12,13)(H,8,9,11).